The number of rotatable bonds is 5. The minimum Gasteiger partial charge on any atom is -0.342 e. The van der Waals surface area contributed by atoms with Gasteiger partial charge in [-0.25, -0.2) is 0 Å². The van der Waals surface area contributed by atoms with Crippen LogP contribution in [0.15, 0.2) is 24.4 Å². The van der Waals surface area contributed by atoms with Crippen molar-refractivity contribution >= 4 is 5.91 Å². The van der Waals surface area contributed by atoms with Gasteiger partial charge in [0.25, 0.3) is 0 Å². The molecule has 5 nitrogen and oxygen atoms in total. The molecule has 0 saturated carbocycles. The average molecular weight is 218 g/mol. The number of pyridine rings is 1. The van der Waals surface area contributed by atoms with Crippen LogP contribution in [0.5, 0.6) is 0 Å². The van der Waals surface area contributed by atoms with E-state index in [9.17, 15) is 4.79 Å². The van der Waals surface area contributed by atoms with E-state index in [0.717, 1.165) is 5.69 Å². The number of hydrogen-bond donors (Lipinski definition) is 2. The van der Waals surface area contributed by atoms with Crippen molar-refractivity contribution in [1.82, 2.24) is 15.6 Å². The van der Waals surface area contributed by atoms with Crippen LogP contribution in [-0.4, -0.2) is 24.0 Å². The van der Waals surface area contributed by atoms with Gasteiger partial charge in [0.05, 0.1) is 18.3 Å². The van der Waals surface area contributed by atoms with Crippen molar-refractivity contribution in [2.75, 3.05) is 13.1 Å². The molecule has 1 atom stereocenters. The van der Waals surface area contributed by atoms with Gasteiger partial charge in [-0.1, -0.05) is 6.07 Å². The number of nitrogens with zero attached hydrogens (tertiary/aromatic N) is 2. The second-order valence-electron chi connectivity index (χ2n) is 3.29. The maximum absolute atomic E-state index is 11.2. The largest absolute Gasteiger partial charge is 0.342 e. The third-order valence-electron chi connectivity index (χ3n) is 2.06. The fourth-order valence-corrected chi connectivity index (χ4v) is 1.18. The molecule has 1 heterocycles. The van der Waals surface area contributed by atoms with E-state index in [1.54, 1.807) is 6.20 Å². The number of nitrogens with one attached hydrogen (secondary N) is 2. The van der Waals surface area contributed by atoms with Crippen LogP contribution in [0.2, 0.25) is 0 Å². The van der Waals surface area contributed by atoms with E-state index in [1.807, 2.05) is 31.2 Å². The van der Waals surface area contributed by atoms with Gasteiger partial charge in [0.2, 0.25) is 5.91 Å². The Hall–Kier alpha value is -1.93. The van der Waals surface area contributed by atoms with Crippen LogP contribution in [-0.2, 0) is 4.79 Å². The molecule has 2 N–H and O–H groups in total. The topological polar surface area (TPSA) is 77.8 Å². The van der Waals surface area contributed by atoms with E-state index in [0.29, 0.717) is 0 Å². The van der Waals surface area contributed by atoms with Gasteiger partial charge in [-0.05, 0) is 19.1 Å². The highest BCUT2D eigenvalue weighted by molar-refractivity contribution is 5.78. The lowest BCUT2D eigenvalue weighted by atomic mass is 10.2. The number of amides is 1. The summed E-state index contributed by atoms with van der Waals surface area (Å²) >= 11 is 0. The molecule has 5 heteroatoms. The SMILES string of the molecule is C[C@H](NCC(=O)NCC#N)c1ccccn1. The van der Waals surface area contributed by atoms with Gasteiger partial charge in [-0.2, -0.15) is 5.26 Å². The van der Waals surface area contributed by atoms with Gasteiger partial charge in [0.15, 0.2) is 0 Å². The summed E-state index contributed by atoms with van der Waals surface area (Å²) in [6.45, 7) is 2.15. The maximum Gasteiger partial charge on any atom is 0.234 e. The Labute approximate surface area is 94.5 Å². The van der Waals surface area contributed by atoms with Crippen molar-refractivity contribution in [3.8, 4) is 6.07 Å². The quantitative estimate of drug-likeness (QED) is 0.700. The van der Waals surface area contributed by atoms with E-state index in [1.165, 1.54) is 0 Å². The highest BCUT2D eigenvalue weighted by Gasteiger charge is 2.07. The molecule has 0 unspecified atom stereocenters. The fraction of sp³-hybridized carbons (Fsp3) is 0.364. The minimum absolute atomic E-state index is 0.00837. The Bertz CT molecular complexity index is 371. The molecular formula is C11H14N4O. The zero-order chi connectivity index (χ0) is 11.8. The predicted molar refractivity (Wildman–Crippen MR) is 59.3 cm³/mol. The Balaban J connectivity index is 2.33. The Morgan fingerprint density at radius 2 is 2.44 bits per heavy atom. The Morgan fingerprint density at radius 3 is 3.06 bits per heavy atom. The lowest BCUT2D eigenvalue weighted by molar-refractivity contribution is -0.120. The van der Waals surface area contributed by atoms with Gasteiger partial charge in [-0.3, -0.25) is 9.78 Å². The molecular weight excluding hydrogens is 204 g/mol. The highest BCUT2D eigenvalue weighted by Crippen LogP contribution is 2.06. The zero-order valence-corrected chi connectivity index (χ0v) is 9.10. The summed E-state index contributed by atoms with van der Waals surface area (Å²) in [5, 5.41) is 13.8. The van der Waals surface area contributed by atoms with Crippen LogP contribution in [0.4, 0.5) is 0 Å². The number of aromatic nitrogens is 1. The number of nitriles is 1. The van der Waals surface area contributed by atoms with Crippen molar-refractivity contribution in [3.63, 3.8) is 0 Å². The van der Waals surface area contributed by atoms with Gasteiger partial charge < -0.3 is 10.6 Å². The van der Waals surface area contributed by atoms with Crippen molar-refractivity contribution < 1.29 is 4.79 Å². The fourth-order valence-electron chi connectivity index (χ4n) is 1.18. The molecule has 0 radical (unpaired) electrons. The van der Waals surface area contributed by atoms with Gasteiger partial charge in [0, 0.05) is 12.2 Å². The molecule has 1 aromatic rings. The first-order valence-electron chi connectivity index (χ1n) is 5.02. The monoisotopic (exact) mass is 218 g/mol. The molecule has 1 rings (SSSR count). The summed E-state index contributed by atoms with van der Waals surface area (Å²) < 4.78 is 0. The molecule has 0 bridgehead atoms. The van der Waals surface area contributed by atoms with E-state index >= 15 is 0 Å². The third-order valence-corrected chi connectivity index (χ3v) is 2.06. The summed E-state index contributed by atoms with van der Waals surface area (Å²) in [7, 11) is 0. The van der Waals surface area contributed by atoms with Crippen molar-refractivity contribution in [1.29, 1.82) is 5.26 Å². The smallest absolute Gasteiger partial charge is 0.234 e. The van der Waals surface area contributed by atoms with Gasteiger partial charge in [0.1, 0.15) is 6.54 Å². The predicted octanol–water partition coefficient (Wildman–Crippen LogP) is 0.372. The summed E-state index contributed by atoms with van der Waals surface area (Å²) in [5.74, 6) is -0.190. The third kappa shape index (κ3) is 4.07. The van der Waals surface area contributed by atoms with Crippen LogP contribution in [0.1, 0.15) is 18.7 Å². The molecule has 0 aliphatic carbocycles. The molecule has 1 amide bonds. The molecule has 0 aliphatic heterocycles. The van der Waals surface area contributed by atoms with Crippen LogP contribution in [0, 0.1) is 11.3 Å². The minimum atomic E-state index is -0.190. The second kappa shape index (κ2) is 6.53. The van der Waals surface area contributed by atoms with Gasteiger partial charge >= 0.3 is 0 Å². The Morgan fingerprint density at radius 1 is 1.62 bits per heavy atom. The lowest BCUT2D eigenvalue weighted by Crippen LogP contribution is -2.35. The molecule has 0 saturated heterocycles. The van der Waals surface area contributed by atoms with E-state index < -0.39 is 0 Å². The van der Waals surface area contributed by atoms with Crippen LogP contribution in [0.25, 0.3) is 0 Å². The maximum atomic E-state index is 11.2. The van der Waals surface area contributed by atoms with Crippen LogP contribution < -0.4 is 10.6 Å². The Kier molecular flexibility index (Phi) is 4.96. The molecule has 84 valence electrons. The summed E-state index contributed by atoms with van der Waals surface area (Å²) in [6, 6.07) is 7.49. The normalized spacial score (nSPS) is 11.5. The van der Waals surface area contributed by atoms with Crippen molar-refractivity contribution in [3.05, 3.63) is 30.1 Å². The molecule has 0 spiro atoms. The first-order valence-corrected chi connectivity index (χ1v) is 5.02. The van der Waals surface area contributed by atoms with E-state index in [-0.39, 0.29) is 25.0 Å². The van der Waals surface area contributed by atoms with Crippen molar-refractivity contribution in [2.24, 2.45) is 0 Å². The number of carbonyl (C=O) groups excluding carboxylic acids is 1. The highest BCUT2D eigenvalue weighted by atomic mass is 16.1. The van der Waals surface area contributed by atoms with E-state index in [4.69, 9.17) is 5.26 Å². The van der Waals surface area contributed by atoms with Crippen LogP contribution in [0.3, 0.4) is 0 Å². The number of hydrogen-bond acceptors (Lipinski definition) is 4. The summed E-state index contributed by atoms with van der Waals surface area (Å²) in [4.78, 5) is 15.4. The van der Waals surface area contributed by atoms with Gasteiger partial charge in [-0.15, -0.1) is 0 Å². The molecule has 16 heavy (non-hydrogen) atoms. The summed E-state index contributed by atoms with van der Waals surface area (Å²) in [5.41, 5.74) is 0.885. The average Bonchev–Trinajstić information content (AvgIpc) is 2.34. The first kappa shape index (κ1) is 12.1. The first-order chi connectivity index (χ1) is 7.74. The molecule has 0 aromatic carbocycles. The zero-order valence-electron chi connectivity index (χ0n) is 9.10. The standard InChI is InChI=1S/C11H14N4O/c1-9(10-4-2-3-6-13-10)15-8-11(16)14-7-5-12/h2-4,6,9,15H,7-8H2,1H3,(H,14,16)/t9-/m0/s1. The molecule has 0 aliphatic rings. The van der Waals surface area contributed by atoms with Crippen LogP contribution >= 0.6 is 0 Å². The summed E-state index contributed by atoms with van der Waals surface area (Å²) in [6.07, 6.45) is 1.71. The van der Waals surface area contributed by atoms with E-state index in [2.05, 4.69) is 15.6 Å². The molecule has 0 fully saturated rings. The lowest BCUT2D eigenvalue weighted by Gasteiger charge is -2.12. The number of carbonyl (C=O) groups is 1. The second-order valence-corrected chi connectivity index (χ2v) is 3.29. The molecule has 1 aromatic heterocycles. The van der Waals surface area contributed by atoms with Crippen molar-refractivity contribution in [2.45, 2.75) is 13.0 Å².